The Morgan fingerprint density at radius 3 is 2.75 bits per heavy atom. The highest BCUT2D eigenvalue weighted by atomic mass is 35.5. The lowest BCUT2D eigenvalue weighted by Crippen LogP contribution is -2.39. The van der Waals surface area contributed by atoms with E-state index in [2.05, 4.69) is 0 Å². The number of halogens is 1. The second-order valence-corrected chi connectivity index (χ2v) is 7.97. The summed E-state index contributed by atoms with van der Waals surface area (Å²) in [5, 5.41) is 0.249. The Morgan fingerprint density at radius 2 is 1.95 bits per heavy atom. The molecule has 4 nitrogen and oxygen atoms in total. The Kier molecular flexibility index (Phi) is 3.69. The molecule has 6 heteroatoms. The van der Waals surface area contributed by atoms with Crippen molar-refractivity contribution in [2.75, 3.05) is 12.3 Å². The second-order valence-electron chi connectivity index (χ2n) is 5.71. The minimum Gasteiger partial charge on any atom is -0.399 e. The maximum Gasteiger partial charge on any atom is 0.244 e. The summed E-state index contributed by atoms with van der Waals surface area (Å²) in [5.74, 6) is 0.512. The van der Waals surface area contributed by atoms with Crippen molar-refractivity contribution in [3.8, 4) is 0 Å². The highest BCUT2D eigenvalue weighted by Crippen LogP contribution is 2.40. The topological polar surface area (TPSA) is 63.4 Å². The van der Waals surface area contributed by atoms with Gasteiger partial charge in [0.15, 0.2) is 0 Å². The third-order valence-electron chi connectivity index (χ3n) is 4.50. The predicted octanol–water partition coefficient (Wildman–Crippen LogP) is 2.88. The van der Waals surface area contributed by atoms with Gasteiger partial charge in [-0.2, -0.15) is 4.31 Å². The van der Waals surface area contributed by atoms with Crippen LogP contribution >= 0.6 is 11.6 Å². The summed E-state index contributed by atoms with van der Waals surface area (Å²) in [4.78, 5) is 0.144. The summed E-state index contributed by atoms with van der Waals surface area (Å²) in [5.41, 5.74) is 6.14. The summed E-state index contributed by atoms with van der Waals surface area (Å²) >= 11 is 6.07. The van der Waals surface area contributed by atoms with E-state index in [9.17, 15) is 8.42 Å². The van der Waals surface area contributed by atoms with E-state index < -0.39 is 10.0 Å². The molecule has 0 bridgehead atoms. The largest absolute Gasteiger partial charge is 0.399 e. The zero-order valence-corrected chi connectivity index (χ0v) is 12.8. The summed E-state index contributed by atoms with van der Waals surface area (Å²) < 4.78 is 27.3. The van der Waals surface area contributed by atoms with Crippen LogP contribution in [0.5, 0.6) is 0 Å². The van der Waals surface area contributed by atoms with Gasteiger partial charge in [-0.15, -0.1) is 0 Å². The van der Waals surface area contributed by atoms with Crippen molar-refractivity contribution >= 4 is 27.3 Å². The minimum atomic E-state index is -3.54. The van der Waals surface area contributed by atoms with Crippen LogP contribution in [-0.2, 0) is 10.0 Å². The van der Waals surface area contributed by atoms with Crippen molar-refractivity contribution in [1.29, 1.82) is 0 Å². The molecule has 2 N–H and O–H groups in total. The number of benzene rings is 1. The number of nitrogens with two attached hydrogens (primary N) is 1. The normalized spacial score (nSPS) is 27.4. The average molecular weight is 315 g/mol. The van der Waals surface area contributed by atoms with Crippen molar-refractivity contribution in [2.45, 2.75) is 43.0 Å². The van der Waals surface area contributed by atoms with E-state index in [1.165, 1.54) is 12.5 Å². The third-order valence-corrected chi connectivity index (χ3v) is 6.91. The van der Waals surface area contributed by atoms with Gasteiger partial charge < -0.3 is 5.73 Å². The van der Waals surface area contributed by atoms with E-state index in [0.29, 0.717) is 18.2 Å². The Bertz CT molecular complexity index is 618. The molecule has 1 saturated heterocycles. The molecule has 20 heavy (non-hydrogen) atoms. The molecule has 1 aromatic carbocycles. The van der Waals surface area contributed by atoms with Gasteiger partial charge in [-0.25, -0.2) is 8.42 Å². The fourth-order valence-electron chi connectivity index (χ4n) is 3.51. The summed E-state index contributed by atoms with van der Waals surface area (Å²) in [6, 6.07) is 4.78. The molecule has 1 aliphatic heterocycles. The molecule has 1 aliphatic carbocycles. The van der Waals surface area contributed by atoms with Gasteiger partial charge in [0.2, 0.25) is 10.0 Å². The van der Waals surface area contributed by atoms with Crippen molar-refractivity contribution in [3.63, 3.8) is 0 Å². The first-order valence-electron chi connectivity index (χ1n) is 7.07. The number of nitrogens with zero attached hydrogens (tertiary/aromatic N) is 1. The van der Waals surface area contributed by atoms with Gasteiger partial charge >= 0.3 is 0 Å². The zero-order valence-electron chi connectivity index (χ0n) is 11.3. The highest BCUT2D eigenvalue weighted by molar-refractivity contribution is 7.89. The van der Waals surface area contributed by atoms with Crippen LogP contribution in [0.1, 0.15) is 32.1 Å². The van der Waals surface area contributed by atoms with Crippen LogP contribution in [0.15, 0.2) is 23.1 Å². The van der Waals surface area contributed by atoms with Gasteiger partial charge in [0, 0.05) is 18.3 Å². The van der Waals surface area contributed by atoms with Gasteiger partial charge in [-0.1, -0.05) is 24.4 Å². The molecule has 110 valence electrons. The molecule has 0 aromatic heterocycles. The molecule has 2 aliphatic rings. The van der Waals surface area contributed by atoms with E-state index in [-0.39, 0.29) is 16.0 Å². The lowest BCUT2D eigenvalue weighted by atomic mass is 9.86. The van der Waals surface area contributed by atoms with Crippen LogP contribution in [0, 0.1) is 5.92 Å². The van der Waals surface area contributed by atoms with Crippen molar-refractivity contribution in [1.82, 2.24) is 4.31 Å². The molecule has 2 fully saturated rings. The maximum atomic E-state index is 12.8. The number of anilines is 1. The first kappa shape index (κ1) is 14.2. The molecular formula is C14H19ClN2O2S. The molecule has 2 atom stereocenters. The van der Waals surface area contributed by atoms with Crippen LogP contribution in [0.3, 0.4) is 0 Å². The maximum absolute atomic E-state index is 12.8. The Labute approximate surface area is 125 Å². The average Bonchev–Trinajstić information content (AvgIpc) is 2.86. The van der Waals surface area contributed by atoms with Crippen molar-refractivity contribution in [3.05, 3.63) is 23.2 Å². The molecule has 0 amide bonds. The molecule has 0 radical (unpaired) electrons. The van der Waals surface area contributed by atoms with Crippen LogP contribution in [0.4, 0.5) is 5.69 Å². The van der Waals surface area contributed by atoms with Gasteiger partial charge in [-0.3, -0.25) is 0 Å². The van der Waals surface area contributed by atoms with E-state index in [0.717, 1.165) is 25.7 Å². The van der Waals surface area contributed by atoms with Crippen LogP contribution in [0.25, 0.3) is 0 Å². The highest BCUT2D eigenvalue weighted by Gasteiger charge is 2.42. The lowest BCUT2D eigenvalue weighted by molar-refractivity contribution is 0.260. The van der Waals surface area contributed by atoms with Crippen molar-refractivity contribution < 1.29 is 8.42 Å². The van der Waals surface area contributed by atoms with Crippen LogP contribution in [0.2, 0.25) is 5.02 Å². The number of fused-ring (bicyclic) bond motifs is 1. The molecule has 1 aromatic rings. The molecule has 1 heterocycles. The quantitative estimate of drug-likeness (QED) is 0.854. The third kappa shape index (κ3) is 2.32. The first-order valence-corrected chi connectivity index (χ1v) is 8.89. The summed E-state index contributed by atoms with van der Waals surface area (Å²) in [7, 11) is -3.54. The number of hydrogen-bond donors (Lipinski definition) is 1. The number of hydrogen-bond acceptors (Lipinski definition) is 3. The van der Waals surface area contributed by atoms with E-state index in [1.807, 2.05) is 0 Å². The number of rotatable bonds is 2. The monoisotopic (exact) mass is 314 g/mol. The van der Waals surface area contributed by atoms with Gasteiger partial charge in [0.05, 0.1) is 5.02 Å². The Morgan fingerprint density at radius 1 is 1.20 bits per heavy atom. The first-order chi connectivity index (χ1) is 9.50. The second kappa shape index (κ2) is 5.20. The Hall–Kier alpha value is -0.780. The molecule has 2 unspecified atom stereocenters. The van der Waals surface area contributed by atoms with Gasteiger partial charge in [-0.05, 0) is 43.4 Å². The van der Waals surface area contributed by atoms with E-state index in [4.69, 9.17) is 17.3 Å². The number of sulfonamides is 1. The number of nitrogen functional groups attached to an aromatic ring is 1. The van der Waals surface area contributed by atoms with Crippen molar-refractivity contribution in [2.24, 2.45) is 5.92 Å². The predicted molar refractivity (Wildman–Crippen MR) is 80.1 cm³/mol. The molecule has 1 saturated carbocycles. The van der Waals surface area contributed by atoms with Gasteiger partial charge in [0.1, 0.15) is 4.90 Å². The summed E-state index contributed by atoms with van der Waals surface area (Å²) in [6.07, 6.45) is 5.39. The fourth-order valence-corrected chi connectivity index (χ4v) is 5.75. The SMILES string of the molecule is Nc1ccc(Cl)c(S(=O)(=O)N2CCC3CCCCC32)c1. The smallest absolute Gasteiger partial charge is 0.244 e. The van der Waals surface area contributed by atoms with E-state index in [1.54, 1.807) is 16.4 Å². The molecule has 3 rings (SSSR count). The van der Waals surface area contributed by atoms with Crippen LogP contribution in [-0.4, -0.2) is 25.3 Å². The zero-order chi connectivity index (χ0) is 14.3. The molecule has 0 spiro atoms. The van der Waals surface area contributed by atoms with Crippen LogP contribution < -0.4 is 5.73 Å². The Balaban J connectivity index is 1.97. The molecular weight excluding hydrogens is 296 g/mol. The standard InChI is InChI=1S/C14H19ClN2O2S/c15-12-6-5-11(16)9-14(12)20(18,19)17-8-7-10-3-1-2-4-13(10)17/h5-6,9-10,13H,1-4,7-8,16H2. The fraction of sp³-hybridized carbons (Fsp3) is 0.571. The van der Waals surface area contributed by atoms with Gasteiger partial charge in [0.25, 0.3) is 0 Å². The lowest BCUT2D eigenvalue weighted by Gasteiger charge is -2.31. The van der Waals surface area contributed by atoms with E-state index >= 15 is 0 Å². The minimum absolute atomic E-state index is 0.144. The summed E-state index contributed by atoms with van der Waals surface area (Å²) in [6.45, 7) is 0.600.